The molecule has 1 rings (SSSR count). The Morgan fingerprint density at radius 2 is 2.18 bits per heavy atom. The lowest BCUT2D eigenvalue weighted by molar-refractivity contribution is 0.0164. The number of aliphatic hydroxyl groups excluding tert-OH is 1. The van der Waals surface area contributed by atoms with E-state index in [1.807, 2.05) is 20.8 Å². The van der Waals surface area contributed by atoms with Crippen LogP contribution >= 0.6 is 0 Å². The van der Waals surface area contributed by atoms with Crippen molar-refractivity contribution in [1.29, 1.82) is 0 Å². The second-order valence-electron chi connectivity index (χ2n) is 6.15. The van der Waals surface area contributed by atoms with Gasteiger partial charge in [0.2, 0.25) is 0 Å². The van der Waals surface area contributed by atoms with E-state index in [0.29, 0.717) is 19.6 Å². The molecule has 1 unspecified atom stereocenters. The zero-order valence-corrected chi connectivity index (χ0v) is 13.7. The van der Waals surface area contributed by atoms with E-state index in [2.05, 4.69) is 15.3 Å². The summed E-state index contributed by atoms with van der Waals surface area (Å²) >= 11 is 0. The minimum atomic E-state index is -0.604. The molecule has 1 aromatic heterocycles. The zero-order chi connectivity index (χ0) is 16.6. The molecule has 1 atom stereocenters. The number of hydrogen-bond acceptors (Lipinski definition) is 6. The van der Waals surface area contributed by atoms with Gasteiger partial charge in [-0.1, -0.05) is 0 Å². The summed E-state index contributed by atoms with van der Waals surface area (Å²) in [5, 5.41) is 12.7. The molecule has 1 amide bonds. The van der Waals surface area contributed by atoms with Crippen LogP contribution in [0.5, 0.6) is 0 Å². The van der Waals surface area contributed by atoms with Crippen molar-refractivity contribution in [1.82, 2.24) is 20.2 Å². The van der Waals surface area contributed by atoms with Gasteiger partial charge in [-0.15, -0.1) is 0 Å². The zero-order valence-electron chi connectivity index (χ0n) is 13.7. The highest BCUT2D eigenvalue weighted by molar-refractivity contribution is 5.68. The second kappa shape index (κ2) is 8.65. The summed E-state index contributed by atoms with van der Waals surface area (Å²) < 4.78 is 5.34. The Hall–Kier alpha value is -1.73. The third-order valence-corrected chi connectivity index (χ3v) is 2.62. The van der Waals surface area contributed by atoms with Crippen molar-refractivity contribution in [3.05, 3.63) is 24.3 Å². The van der Waals surface area contributed by atoms with E-state index in [9.17, 15) is 9.90 Å². The number of aliphatic hydroxyl groups is 1. The number of hydrogen-bond donors (Lipinski definition) is 2. The minimum Gasteiger partial charge on any atom is -0.444 e. The maximum atomic E-state index is 12.1. The first-order chi connectivity index (χ1) is 10.3. The first kappa shape index (κ1) is 18.3. The van der Waals surface area contributed by atoms with Gasteiger partial charge in [0.25, 0.3) is 0 Å². The summed E-state index contributed by atoms with van der Waals surface area (Å²) in [6.07, 6.45) is 3.92. The van der Waals surface area contributed by atoms with Gasteiger partial charge >= 0.3 is 6.09 Å². The van der Waals surface area contributed by atoms with Crippen LogP contribution in [0.2, 0.25) is 0 Å². The van der Waals surface area contributed by atoms with E-state index in [0.717, 1.165) is 5.69 Å². The Morgan fingerprint density at radius 3 is 2.73 bits per heavy atom. The van der Waals surface area contributed by atoms with Crippen molar-refractivity contribution >= 4 is 6.09 Å². The second-order valence-corrected chi connectivity index (χ2v) is 6.15. The Bertz CT molecular complexity index is 446. The molecule has 0 aliphatic heterocycles. The van der Waals surface area contributed by atoms with Gasteiger partial charge in [0.15, 0.2) is 0 Å². The van der Waals surface area contributed by atoms with Crippen LogP contribution in [-0.2, 0) is 11.3 Å². The summed E-state index contributed by atoms with van der Waals surface area (Å²) in [4.78, 5) is 21.7. The van der Waals surface area contributed by atoms with Crippen molar-refractivity contribution < 1.29 is 14.6 Å². The van der Waals surface area contributed by atoms with Crippen LogP contribution < -0.4 is 5.32 Å². The summed E-state index contributed by atoms with van der Waals surface area (Å²) in [7, 11) is 0. The average molecular weight is 310 g/mol. The van der Waals surface area contributed by atoms with Crippen LogP contribution in [-0.4, -0.2) is 57.4 Å². The maximum absolute atomic E-state index is 12.1. The topological polar surface area (TPSA) is 87.6 Å². The third-order valence-electron chi connectivity index (χ3n) is 2.62. The van der Waals surface area contributed by atoms with Crippen molar-refractivity contribution in [3.8, 4) is 0 Å². The lowest BCUT2D eigenvalue weighted by Gasteiger charge is -2.28. The number of carbonyl (C=O) groups is 1. The molecule has 124 valence electrons. The molecular formula is C15H26N4O3. The molecule has 0 aliphatic rings. The fourth-order valence-corrected chi connectivity index (χ4v) is 1.75. The molecule has 0 aromatic carbocycles. The van der Waals surface area contributed by atoms with Crippen molar-refractivity contribution in [2.24, 2.45) is 0 Å². The molecular weight excluding hydrogens is 284 g/mol. The van der Waals surface area contributed by atoms with Crippen molar-refractivity contribution in [2.75, 3.05) is 19.6 Å². The Morgan fingerprint density at radius 1 is 1.45 bits per heavy atom. The van der Waals surface area contributed by atoms with Crippen LogP contribution in [0.15, 0.2) is 18.6 Å². The lowest BCUT2D eigenvalue weighted by Crippen LogP contribution is -2.43. The van der Waals surface area contributed by atoms with Gasteiger partial charge < -0.3 is 20.1 Å². The molecule has 22 heavy (non-hydrogen) atoms. The summed E-state index contributed by atoms with van der Waals surface area (Å²) in [6.45, 7) is 8.92. The number of amides is 1. The van der Waals surface area contributed by atoms with Crippen molar-refractivity contribution in [2.45, 2.75) is 45.9 Å². The first-order valence-electron chi connectivity index (χ1n) is 7.39. The van der Waals surface area contributed by atoms with E-state index in [-0.39, 0.29) is 6.54 Å². The molecule has 0 fully saturated rings. The highest BCUT2D eigenvalue weighted by Crippen LogP contribution is 2.10. The van der Waals surface area contributed by atoms with Gasteiger partial charge in [0.05, 0.1) is 11.8 Å². The Kier molecular flexibility index (Phi) is 7.20. The van der Waals surface area contributed by atoms with Gasteiger partial charge in [-0.05, 0) is 27.7 Å². The quantitative estimate of drug-likeness (QED) is 0.736. The van der Waals surface area contributed by atoms with Crippen LogP contribution in [0.1, 0.15) is 33.4 Å². The third kappa shape index (κ3) is 7.90. The van der Waals surface area contributed by atoms with E-state index >= 15 is 0 Å². The molecule has 0 radical (unpaired) electrons. The van der Waals surface area contributed by atoms with Crippen LogP contribution in [0.4, 0.5) is 4.79 Å². The average Bonchev–Trinajstić information content (AvgIpc) is 2.41. The smallest absolute Gasteiger partial charge is 0.410 e. The monoisotopic (exact) mass is 310 g/mol. The van der Waals surface area contributed by atoms with Crippen LogP contribution in [0.25, 0.3) is 0 Å². The molecule has 2 N–H and O–H groups in total. The fraction of sp³-hybridized carbons (Fsp3) is 0.667. The number of carbonyl (C=O) groups excluding carboxylic acids is 1. The van der Waals surface area contributed by atoms with Gasteiger partial charge in [-0.2, -0.15) is 0 Å². The van der Waals surface area contributed by atoms with E-state index in [4.69, 9.17) is 4.74 Å². The Labute approximate surface area is 131 Å². The van der Waals surface area contributed by atoms with Gasteiger partial charge in [0, 0.05) is 44.8 Å². The van der Waals surface area contributed by atoms with E-state index in [1.165, 1.54) is 4.90 Å². The normalized spacial score (nSPS) is 12.8. The molecule has 0 saturated heterocycles. The molecule has 7 nitrogen and oxygen atoms in total. The predicted octanol–water partition coefficient (Wildman–Crippen LogP) is 1.18. The highest BCUT2D eigenvalue weighted by Gasteiger charge is 2.22. The standard InChI is InChI=1S/C15H26N4O3/c1-12(20)11-19(14(21)22-15(2,3)4)8-7-17-10-13-9-16-5-6-18-13/h5-6,9,12,17,20H,7-8,10-11H2,1-4H3. The number of nitrogens with zero attached hydrogens (tertiary/aromatic N) is 3. The highest BCUT2D eigenvalue weighted by atomic mass is 16.6. The Balaban J connectivity index is 2.42. The predicted molar refractivity (Wildman–Crippen MR) is 83.2 cm³/mol. The number of ether oxygens (including phenoxy) is 1. The van der Waals surface area contributed by atoms with Crippen LogP contribution in [0, 0.1) is 0 Å². The summed E-state index contributed by atoms with van der Waals surface area (Å²) in [6, 6.07) is 0. The molecule has 0 saturated carbocycles. The first-order valence-corrected chi connectivity index (χ1v) is 7.39. The molecule has 0 bridgehead atoms. The fourth-order valence-electron chi connectivity index (χ4n) is 1.75. The van der Waals surface area contributed by atoms with Gasteiger partial charge in [-0.25, -0.2) is 4.79 Å². The molecule has 0 aliphatic carbocycles. The number of nitrogens with one attached hydrogen (secondary N) is 1. The minimum absolute atomic E-state index is 0.238. The summed E-state index contributed by atoms with van der Waals surface area (Å²) in [5.74, 6) is 0. The largest absolute Gasteiger partial charge is 0.444 e. The molecule has 1 aromatic rings. The molecule has 0 spiro atoms. The number of rotatable bonds is 7. The van der Waals surface area contributed by atoms with E-state index in [1.54, 1.807) is 25.5 Å². The van der Waals surface area contributed by atoms with Crippen LogP contribution in [0.3, 0.4) is 0 Å². The maximum Gasteiger partial charge on any atom is 0.410 e. The molecule has 1 heterocycles. The van der Waals surface area contributed by atoms with Crippen molar-refractivity contribution in [3.63, 3.8) is 0 Å². The number of aromatic nitrogens is 2. The molecule has 7 heteroatoms. The van der Waals surface area contributed by atoms with E-state index < -0.39 is 17.8 Å². The van der Waals surface area contributed by atoms with Gasteiger partial charge in [0.1, 0.15) is 5.60 Å². The van der Waals surface area contributed by atoms with Gasteiger partial charge in [-0.3, -0.25) is 9.97 Å². The lowest BCUT2D eigenvalue weighted by atomic mass is 10.2. The summed E-state index contributed by atoms with van der Waals surface area (Å²) in [5.41, 5.74) is 0.281. The SMILES string of the molecule is CC(O)CN(CCNCc1cnccn1)C(=O)OC(C)(C)C.